The van der Waals surface area contributed by atoms with Crippen LogP contribution in [0.3, 0.4) is 0 Å². The Bertz CT molecular complexity index is 187. The molecular weight excluding hydrogens is 196 g/mol. The van der Waals surface area contributed by atoms with Gasteiger partial charge in [0.2, 0.25) is 0 Å². The van der Waals surface area contributed by atoms with Gasteiger partial charge in [0, 0.05) is 13.1 Å². The van der Waals surface area contributed by atoms with Crippen LogP contribution in [0.25, 0.3) is 0 Å². The predicted octanol–water partition coefficient (Wildman–Crippen LogP) is 2.82. The standard InChI is InChI=1S/C14H28N2/c1-5-11-16(12-6-2)13-7-8-14(3,4)9-10-15/h5-6H,1-2,7-13,15H2,3-4H3. The molecule has 0 radical (unpaired) electrons. The summed E-state index contributed by atoms with van der Waals surface area (Å²) >= 11 is 0. The van der Waals surface area contributed by atoms with E-state index in [0.29, 0.717) is 5.41 Å². The largest absolute Gasteiger partial charge is 0.330 e. The maximum atomic E-state index is 5.60. The van der Waals surface area contributed by atoms with Gasteiger partial charge in [-0.3, -0.25) is 4.90 Å². The van der Waals surface area contributed by atoms with Gasteiger partial charge in [-0.15, -0.1) is 13.2 Å². The van der Waals surface area contributed by atoms with E-state index in [2.05, 4.69) is 31.9 Å². The van der Waals surface area contributed by atoms with Crippen molar-refractivity contribution in [1.29, 1.82) is 0 Å². The minimum absolute atomic E-state index is 0.378. The Kier molecular flexibility index (Phi) is 8.22. The fourth-order valence-electron chi connectivity index (χ4n) is 1.92. The number of hydrogen-bond donors (Lipinski definition) is 1. The van der Waals surface area contributed by atoms with Crippen LogP contribution in [-0.4, -0.2) is 31.1 Å². The molecule has 0 amide bonds. The molecule has 2 heteroatoms. The zero-order chi connectivity index (χ0) is 12.4. The number of rotatable bonds is 10. The molecule has 16 heavy (non-hydrogen) atoms. The molecule has 2 nitrogen and oxygen atoms in total. The minimum Gasteiger partial charge on any atom is -0.330 e. The molecule has 2 N–H and O–H groups in total. The summed E-state index contributed by atoms with van der Waals surface area (Å²) in [5, 5.41) is 0. The van der Waals surface area contributed by atoms with E-state index >= 15 is 0 Å². The summed E-state index contributed by atoms with van der Waals surface area (Å²) in [4.78, 5) is 2.36. The highest BCUT2D eigenvalue weighted by Crippen LogP contribution is 2.25. The van der Waals surface area contributed by atoms with E-state index < -0.39 is 0 Å². The van der Waals surface area contributed by atoms with Gasteiger partial charge in [0.05, 0.1) is 0 Å². The topological polar surface area (TPSA) is 29.3 Å². The van der Waals surface area contributed by atoms with Gasteiger partial charge < -0.3 is 5.73 Å². The lowest BCUT2D eigenvalue weighted by molar-refractivity contribution is 0.262. The molecule has 0 heterocycles. The van der Waals surface area contributed by atoms with Crippen molar-refractivity contribution in [2.24, 2.45) is 11.1 Å². The van der Waals surface area contributed by atoms with Crippen LogP contribution in [0.4, 0.5) is 0 Å². The van der Waals surface area contributed by atoms with E-state index in [0.717, 1.165) is 32.6 Å². The lowest BCUT2D eigenvalue weighted by atomic mass is 9.84. The summed E-state index contributed by atoms with van der Waals surface area (Å²) in [7, 11) is 0. The first-order valence-corrected chi connectivity index (χ1v) is 6.20. The lowest BCUT2D eigenvalue weighted by Crippen LogP contribution is -2.26. The van der Waals surface area contributed by atoms with Crippen LogP contribution >= 0.6 is 0 Å². The van der Waals surface area contributed by atoms with Crippen LogP contribution in [0.2, 0.25) is 0 Å². The smallest absolute Gasteiger partial charge is 0.0163 e. The van der Waals surface area contributed by atoms with Crippen molar-refractivity contribution in [1.82, 2.24) is 4.90 Å². The van der Waals surface area contributed by atoms with Gasteiger partial charge in [-0.05, 0) is 37.8 Å². The number of nitrogens with two attached hydrogens (primary N) is 1. The van der Waals surface area contributed by atoms with Crippen LogP contribution in [0.1, 0.15) is 33.1 Å². The molecule has 0 saturated heterocycles. The highest BCUT2D eigenvalue weighted by molar-refractivity contribution is 4.80. The number of nitrogens with zero attached hydrogens (tertiary/aromatic N) is 1. The average molecular weight is 224 g/mol. The highest BCUT2D eigenvalue weighted by Gasteiger charge is 2.16. The van der Waals surface area contributed by atoms with Crippen molar-refractivity contribution in [3.8, 4) is 0 Å². The number of hydrogen-bond acceptors (Lipinski definition) is 2. The quantitative estimate of drug-likeness (QED) is 0.578. The second kappa shape index (κ2) is 8.54. The van der Waals surface area contributed by atoms with Gasteiger partial charge in [0.15, 0.2) is 0 Å². The highest BCUT2D eigenvalue weighted by atomic mass is 15.1. The fourth-order valence-corrected chi connectivity index (χ4v) is 1.92. The summed E-state index contributed by atoms with van der Waals surface area (Å²) < 4.78 is 0. The second-order valence-corrected chi connectivity index (χ2v) is 5.14. The predicted molar refractivity (Wildman–Crippen MR) is 73.5 cm³/mol. The first-order chi connectivity index (χ1) is 7.55. The van der Waals surface area contributed by atoms with E-state index in [1.165, 1.54) is 12.8 Å². The van der Waals surface area contributed by atoms with E-state index in [-0.39, 0.29) is 0 Å². The van der Waals surface area contributed by atoms with Crippen LogP contribution < -0.4 is 5.73 Å². The van der Waals surface area contributed by atoms with Gasteiger partial charge in [-0.1, -0.05) is 26.0 Å². The maximum absolute atomic E-state index is 5.60. The Morgan fingerprint density at radius 3 is 2.12 bits per heavy atom. The third-order valence-electron chi connectivity index (χ3n) is 2.92. The Labute approximate surface area is 101 Å². The molecule has 0 saturated carbocycles. The molecular formula is C14H28N2. The zero-order valence-corrected chi connectivity index (χ0v) is 11.0. The molecule has 0 unspecified atom stereocenters. The first kappa shape index (κ1) is 15.4. The monoisotopic (exact) mass is 224 g/mol. The van der Waals surface area contributed by atoms with Crippen molar-refractivity contribution < 1.29 is 0 Å². The summed E-state index contributed by atoms with van der Waals surface area (Å²) in [6.45, 7) is 15.9. The van der Waals surface area contributed by atoms with Crippen LogP contribution in [0.15, 0.2) is 25.3 Å². The third kappa shape index (κ3) is 7.66. The SMILES string of the molecule is C=CCN(CC=C)CCCC(C)(C)CCN. The van der Waals surface area contributed by atoms with E-state index in [1.807, 2.05) is 12.2 Å². The van der Waals surface area contributed by atoms with Crippen molar-refractivity contribution in [2.45, 2.75) is 33.1 Å². The Morgan fingerprint density at radius 2 is 1.69 bits per heavy atom. The molecule has 0 bridgehead atoms. The molecule has 94 valence electrons. The first-order valence-electron chi connectivity index (χ1n) is 6.20. The van der Waals surface area contributed by atoms with Crippen molar-refractivity contribution in [3.63, 3.8) is 0 Å². The molecule has 0 aliphatic carbocycles. The summed E-state index contributed by atoms with van der Waals surface area (Å²) in [6, 6.07) is 0. The summed E-state index contributed by atoms with van der Waals surface area (Å²) in [6.07, 6.45) is 7.46. The Morgan fingerprint density at radius 1 is 1.12 bits per heavy atom. The van der Waals surface area contributed by atoms with Gasteiger partial charge in [-0.2, -0.15) is 0 Å². The van der Waals surface area contributed by atoms with Crippen LogP contribution in [0, 0.1) is 5.41 Å². The fraction of sp³-hybridized carbons (Fsp3) is 0.714. The molecule has 0 aromatic heterocycles. The second-order valence-electron chi connectivity index (χ2n) is 5.14. The van der Waals surface area contributed by atoms with Gasteiger partial charge in [0.25, 0.3) is 0 Å². The molecule has 0 atom stereocenters. The Balaban J connectivity index is 3.83. The van der Waals surface area contributed by atoms with Crippen molar-refractivity contribution in [3.05, 3.63) is 25.3 Å². The van der Waals surface area contributed by atoms with Gasteiger partial charge >= 0.3 is 0 Å². The van der Waals surface area contributed by atoms with Crippen molar-refractivity contribution in [2.75, 3.05) is 26.2 Å². The van der Waals surface area contributed by atoms with Crippen molar-refractivity contribution >= 4 is 0 Å². The summed E-state index contributed by atoms with van der Waals surface area (Å²) in [5.41, 5.74) is 5.98. The molecule has 0 aliphatic heterocycles. The maximum Gasteiger partial charge on any atom is 0.0163 e. The third-order valence-corrected chi connectivity index (χ3v) is 2.92. The molecule has 0 aromatic carbocycles. The van der Waals surface area contributed by atoms with Gasteiger partial charge in [0.1, 0.15) is 0 Å². The molecule has 0 spiro atoms. The minimum atomic E-state index is 0.378. The summed E-state index contributed by atoms with van der Waals surface area (Å²) in [5.74, 6) is 0. The zero-order valence-electron chi connectivity index (χ0n) is 11.0. The average Bonchev–Trinajstić information content (AvgIpc) is 2.18. The van der Waals surface area contributed by atoms with E-state index in [4.69, 9.17) is 5.73 Å². The van der Waals surface area contributed by atoms with Gasteiger partial charge in [-0.25, -0.2) is 0 Å². The molecule has 0 fully saturated rings. The lowest BCUT2D eigenvalue weighted by Gasteiger charge is -2.26. The van der Waals surface area contributed by atoms with E-state index in [1.54, 1.807) is 0 Å². The molecule has 0 aliphatic rings. The molecule has 0 rings (SSSR count). The Hall–Kier alpha value is -0.600. The normalized spacial score (nSPS) is 11.8. The van der Waals surface area contributed by atoms with Crippen LogP contribution in [-0.2, 0) is 0 Å². The van der Waals surface area contributed by atoms with Crippen LogP contribution in [0.5, 0.6) is 0 Å². The van der Waals surface area contributed by atoms with E-state index in [9.17, 15) is 0 Å². The molecule has 0 aromatic rings.